The monoisotopic (exact) mass is 363 g/mol. The molecule has 1 heterocycles. The summed E-state index contributed by atoms with van der Waals surface area (Å²) in [6.45, 7) is 2.34. The lowest BCUT2D eigenvalue weighted by Gasteiger charge is -2.50. The van der Waals surface area contributed by atoms with Crippen LogP contribution in [0, 0.1) is 23.2 Å². The van der Waals surface area contributed by atoms with E-state index in [1.165, 1.54) is 23.1 Å². The van der Waals surface area contributed by atoms with Gasteiger partial charge in [-0.05, 0) is 103 Å². The second kappa shape index (κ2) is 6.34. The number of rotatable bonds is 2. The average Bonchev–Trinajstić information content (AvgIpc) is 2.93. The van der Waals surface area contributed by atoms with E-state index < -0.39 is 0 Å². The minimum Gasteiger partial charge on any atom is -0.508 e. The summed E-state index contributed by atoms with van der Waals surface area (Å²) in [7, 11) is 0. The number of aromatic nitrogens is 1. The molecule has 3 unspecified atom stereocenters. The maximum Gasteiger partial charge on any atom is 0.115 e. The summed E-state index contributed by atoms with van der Waals surface area (Å²) in [5, 5.41) is 21.1. The molecule has 2 saturated carbocycles. The summed E-state index contributed by atoms with van der Waals surface area (Å²) in [6, 6.07) is 10.1. The molecule has 3 aliphatic carbocycles. The molecule has 1 aromatic heterocycles. The van der Waals surface area contributed by atoms with Crippen molar-refractivity contribution in [2.45, 2.75) is 57.5 Å². The zero-order valence-corrected chi connectivity index (χ0v) is 16.0. The maximum absolute atomic E-state index is 11.3. The Bertz CT molecular complexity index is 836. The van der Waals surface area contributed by atoms with Crippen LogP contribution in [0.15, 0.2) is 42.7 Å². The number of nitrogens with zero attached hydrogens (tertiary/aromatic N) is 1. The molecule has 2 aromatic rings. The predicted octanol–water partition coefficient (Wildman–Crippen LogP) is 4.47. The number of hydrogen-bond acceptors (Lipinski definition) is 3. The molecule has 0 bridgehead atoms. The number of phenolic OH excluding ortho intramolecular Hbond substituents is 1. The Morgan fingerprint density at radius 2 is 2.11 bits per heavy atom. The van der Waals surface area contributed by atoms with Crippen LogP contribution in [0.5, 0.6) is 5.75 Å². The summed E-state index contributed by atoms with van der Waals surface area (Å²) in [5.74, 6) is 2.57. The standard InChI is InChI=1S/C24H29NO2/c1-24-9-8-20-19-7-5-18(26)12-16(19)4-6-21(20)22(24)13-17(23(24)27)11-15-3-2-10-25-14-15/h2-3,5,7,10,12,14,17,20-23,26-27H,4,6,8-9,11,13H2,1H3/t17-,20?,21?,22?,23-,24-/m0/s1. The molecular formula is C24H29NO2. The Morgan fingerprint density at radius 1 is 1.22 bits per heavy atom. The third-order valence-corrected chi connectivity index (χ3v) is 8.05. The van der Waals surface area contributed by atoms with E-state index in [1.807, 2.05) is 30.6 Å². The summed E-state index contributed by atoms with van der Waals surface area (Å²) >= 11 is 0. The van der Waals surface area contributed by atoms with Crippen molar-refractivity contribution in [2.75, 3.05) is 0 Å². The summed E-state index contributed by atoms with van der Waals surface area (Å²) in [4.78, 5) is 4.26. The number of hydrogen-bond donors (Lipinski definition) is 2. The minimum absolute atomic E-state index is 0.0441. The Kier molecular flexibility index (Phi) is 4.05. The third-order valence-electron chi connectivity index (χ3n) is 8.05. The zero-order chi connectivity index (χ0) is 18.6. The fourth-order valence-corrected chi connectivity index (χ4v) is 6.74. The molecule has 2 fully saturated rings. The minimum atomic E-state index is -0.218. The number of aliphatic hydroxyl groups is 1. The van der Waals surface area contributed by atoms with Crippen LogP contribution in [0.4, 0.5) is 0 Å². The number of aromatic hydroxyl groups is 1. The average molecular weight is 364 g/mol. The first-order chi connectivity index (χ1) is 13.1. The molecule has 3 nitrogen and oxygen atoms in total. The summed E-state index contributed by atoms with van der Waals surface area (Å²) < 4.78 is 0. The van der Waals surface area contributed by atoms with E-state index in [2.05, 4.69) is 24.0 Å². The Balaban J connectivity index is 1.42. The first-order valence-electron chi connectivity index (χ1n) is 10.4. The van der Waals surface area contributed by atoms with Crippen LogP contribution in [0.1, 0.15) is 55.2 Å². The fourth-order valence-electron chi connectivity index (χ4n) is 6.74. The number of pyridine rings is 1. The van der Waals surface area contributed by atoms with Crippen molar-refractivity contribution in [1.29, 1.82) is 0 Å². The molecule has 6 atom stereocenters. The molecule has 142 valence electrons. The van der Waals surface area contributed by atoms with Crippen LogP contribution in [0.2, 0.25) is 0 Å². The third kappa shape index (κ3) is 2.70. The molecule has 3 heteroatoms. The second-order valence-electron chi connectivity index (χ2n) is 9.35. The van der Waals surface area contributed by atoms with Crippen molar-refractivity contribution < 1.29 is 10.2 Å². The smallest absolute Gasteiger partial charge is 0.115 e. The Labute approximate surface area is 161 Å². The van der Waals surface area contributed by atoms with Gasteiger partial charge in [-0.1, -0.05) is 19.1 Å². The van der Waals surface area contributed by atoms with Crippen LogP contribution in [0.3, 0.4) is 0 Å². The van der Waals surface area contributed by atoms with Crippen LogP contribution < -0.4 is 0 Å². The van der Waals surface area contributed by atoms with Gasteiger partial charge in [0, 0.05) is 12.4 Å². The van der Waals surface area contributed by atoms with E-state index >= 15 is 0 Å². The normalized spacial score (nSPS) is 37.3. The Hall–Kier alpha value is -1.87. The van der Waals surface area contributed by atoms with Crippen molar-refractivity contribution in [2.24, 2.45) is 23.2 Å². The van der Waals surface area contributed by atoms with Crippen molar-refractivity contribution in [3.05, 3.63) is 59.4 Å². The number of benzene rings is 1. The van der Waals surface area contributed by atoms with Gasteiger partial charge in [0.1, 0.15) is 5.75 Å². The van der Waals surface area contributed by atoms with Gasteiger partial charge in [0.25, 0.3) is 0 Å². The molecule has 0 radical (unpaired) electrons. The second-order valence-corrected chi connectivity index (χ2v) is 9.35. The molecule has 3 aliphatic rings. The van der Waals surface area contributed by atoms with Gasteiger partial charge in [0.2, 0.25) is 0 Å². The van der Waals surface area contributed by atoms with Crippen LogP contribution in [0.25, 0.3) is 0 Å². The summed E-state index contributed by atoms with van der Waals surface area (Å²) in [5.41, 5.74) is 4.08. The van der Waals surface area contributed by atoms with Gasteiger partial charge in [-0.25, -0.2) is 0 Å². The van der Waals surface area contributed by atoms with Crippen LogP contribution in [-0.4, -0.2) is 21.3 Å². The lowest BCUT2D eigenvalue weighted by atomic mass is 9.55. The molecule has 0 aliphatic heterocycles. The fraction of sp³-hybridized carbons (Fsp3) is 0.542. The zero-order valence-electron chi connectivity index (χ0n) is 16.0. The van der Waals surface area contributed by atoms with E-state index in [9.17, 15) is 10.2 Å². The van der Waals surface area contributed by atoms with Crippen LogP contribution >= 0.6 is 0 Å². The number of aliphatic hydroxyl groups excluding tert-OH is 1. The number of aryl methyl sites for hydroxylation is 1. The highest BCUT2D eigenvalue weighted by Gasteiger charge is 2.57. The van der Waals surface area contributed by atoms with Crippen molar-refractivity contribution in [3.63, 3.8) is 0 Å². The SMILES string of the molecule is C[C@]12CCC3c4ccc(O)cc4CCC3C1C[C@H](Cc1cccnc1)[C@@H]2O. The van der Waals surface area contributed by atoms with E-state index in [0.717, 1.165) is 32.1 Å². The van der Waals surface area contributed by atoms with Crippen LogP contribution in [-0.2, 0) is 12.8 Å². The maximum atomic E-state index is 11.3. The van der Waals surface area contributed by atoms with E-state index in [1.54, 1.807) is 0 Å². The lowest BCUT2D eigenvalue weighted by Crippen LogP contribution is -2.44. The van der Waals surface area contributed by atoms with Crippen molar-refractivity contribution >= 4 is 0 Å². The van der Waals surface area contributed by atoms with E-state index in [-0.39, 0.29) is 11.5 Å². The molecule has 0 saturated heterocycles. The molecule has 0 spiro atoms. The van der Waals surface area contributed by atoms with E-state index in [4.69, 9.17) is 0 Å². The Morgan fingerprint density at radius 3 is 2.93 bits per heavy atom. The molecule has 1 aromatic carbocycles. The van der Waals surface area contributed by atoms with Gasteiger partial charge < -0.3 is 10.2 Å². The lowest BCUT2D eigenvalue weighted by molar-refractivity contribution is -0.0325. The van der Waals surface area contributed by atoms with Gasteiger partial charge >= 0.3 is 0 Å². The molecule has 5 rings (SSSR count). The van der Waals surface area contributed by atoms with Gasteiger partial charge in [0.15, 0.2) is 0 Å². The van der Waals surface area contributed by atoms with E-state index in [0.29, 0.717) is 29.4 Å². The topological polar surface area (TPSA) is 53.4 Å². The van der Waals surface area contributed by atoms with Gasteiger partial charge in [-0.15, -0.1) is 0 Å². The number of phenols is 1. The quantitative estimate of drug-likeness (QED) is 0.827. The van der Waals surface area contributed by atoms with Crippen molar-refractivity contribution in [1.82, 2.24) is 4.98 Å². The van der Waals surface area contributed by atoms with Crippen molar-refractivity contribution in [3.8, 4) is 5.75 Å². The largest absolute Gasteiger partial charge is 0.508 e. The first-order valence-corrected chi connectivity index (χ1v) is 10.4. The highest BCUT2D eigenvalue weighted by atomic mass is 16.3. The van der Waals surface area contributed by atoms with Gasteiger partial charge in [-0.2, -0.15) is 0 Å². The van der Waals surface area contributed by atoms with Gasteiger partial charge in [-0.3, -0.25) is 4.98 Å². The molecular weight excluding hydrogens is 334 g/mol. The predicted molar refractivity (Wildman–Crippen MR) is 106 cm³/mol. The molecule has 0 amide bonds. The number of fused-ring (bicyclic) bond motifs is 5. The summed E-state index contributed by atoms with van der Waals surface area (Å²) in [6.07, 6.45) is 10.1. The molecule has 27 heavy (non-hydrogen) atoms. The first kappa shape index (κ1) is 17.2. The molecule has 2 N–H and O–H groups in total. The van der Waals surface area contributed by atoms with Gasteiger partial charge in [0.05, 0.1) is 6.10 Å². The highest BCUT2D eigenvalue weighted by molar-refractivity contribution is 5.40. The highest BCUT2D eigenvalue weighted by Crippen LogP contribution is 2.62.